The van der Waals surface area contributed by atoms with E-state index >= 15 is 0 Å². The van der Waals surface area contributed by atoms with Crippen LogP contribution in [-0.4, -0.2) is 47.5 Å². The predicted octanol–water partition coefficient (Wildman–Crippen LogP) is 2.12. The number of rotatable bonds is 4. The molecule has 1 aromatic heterocycles. The number of carbonyl (C=O) groups is 1. The third-order valence-electron chi connectivity index (χ3n) is 3.94. The lowest BCUT2D eigenvalue weighted by molar-refractivity contribution is -0.118. The second kappa shape index (κ2) is 6.64. The lowest BCUT2D eigenvalue weighted by Gasteiger charge is -2.33. The molecular formula is C17H21N5O. The molecule has 1 aliphatic heterocycles. The quantitative estimate of drug-likeness (QED) is 0.876. The molecule has 0 bridgehead atoms. The topological polar surface area (TPSA) is 61.4 Å². The van der Waals surface area contributed by atoms with Crippen LogP contribution in [0.3, 0.4) is 0 Å². The van der Waals surface area contributed by atoms with Gasteiger partial charge in [-0.1, -0.05) is 17.7 Å². The molecule has 1 N–H and O–H groups in total. The van der Waals surface area contributed by atoms with Crippen LogP contribution >= 0.6 is 0 Å². The molecule has 2 aromatic rings. The Labute approximate surface area is 136 Å². The molecule has 0 unspecified atom stereocenters. The summed E-state index contributed by atoms with van der Waals surface area (Å²) in [6.07, 6.45) is 0.910. The number of aryl methyl sites for hydroxylation is 2. The normalized spacial score (nSPS) is 14.7. The van der Waals surface area contributed by atoms with Crippen LogP contribution in [0.25, 0.3) is 0 Å². The molecule has 1 aromatic carbocycles. The fourth-order valence-electron chi connectivity index (χ4n) is 2.59. The maximum absolute atomic E-state index is 10.8. The van der Waals surface area contributed by atoms with Gasteiger partial charge in [0.05, 0.1) is 0 Å². The first-order valence-electron chi connectivity index (χ1n) is 7.78. The van der Waals surface area contributed by atoms with Crippen molar-refractivity contribution in [2.45, 2.75) is 13.8 Å². The summed E-state index contributed by atoms with van der Waals surface area (Å²) in [4.78, 5) is 23.9. The van der Waals surface area contributed by atoms with E-state index in [0.29, 0.717) is 5.95 Å². The van der Waals surface area contributed by atoms with E-state index in [2.05, 4.69) is 39.2 Å². The minimum Gasteiger partial charge on any atom is -0.353 e. The largest absolute Gasteiger partial charge is 0.353 e. The van der Waals surface area contributed by atoms with Gasteiger partial charge in [-0.2, -0.15) is 4.98 Å². The van der Waals surface area contributed by atoms with Gasteiger partial charge in [0.2, 0.25) is 12.4 Å². The van der Waals surface area contributed by atoms with Crippen LogP contribution in [0.4, 0.5) is 17.5 Å². The molecule has 0 atom stereocenters. The highest BCUT2D eigenvalue weighted by Crippen LogP contribution is 2.19. The van der Waals surface area contributed by atoms with E-state index in [4.69, 9.17) is 0 Å². The number of piperazine rings is 1. The average Bonchev–Trinajstić information content (AvgIpc) is 2.56. The number of hydrogen-bond donors (Lipinski definition) is 1. The SMILES string of the molecule is Cc1ccc(Nc2nc(C)cc(N3CCN(C=O)CC3)n2)cc1. The molecule has 120 valence electrons. The summed E-state index contributed by atoms with van der Waals surface area (Å²) in [6.45, 7) is 7.07. The van der Waals surface area contributed by atoms with Gasteiger partial charge >= 0.3 is 0 Å². The highest BCUT2D eigenvalue weighted by molar-refractivity contribution is 5.56. The van der Waals surface area contributed by atoms with Crippen LogP contribution in [0, 0.1) is 13.8 Å². The van der Waals surface area contributed by atoms with E-state index in [-0.39, 0.29) is 0 Å². The molecule has 0 spiro atoms. The van der Waals surface area contributed by atoms with Gasteiger partial charge in [0.25, 0.3) is 0 Å². The van der Waals surface area contributed by atoms with Crippen LogP contribution in [0.2, 0.25) is 0 Å². The molecule has 1 amide bonds. The predicted molar refractivity (Wildman–Crippen MR) is 91.1 cm³/mol. The summed E-state index contributed by atoms with van der Waals surface area (Å²) in [5, 5.41) is 3.26. The van der Waals surface area contributed by atoms with Gasteiger partial charge in [0.1, 0.15) is 5.82 Å². The van der Waals surface area contributed by atoms with Crippen LogP contribution in [0.15, 0.2) is 30.3 Å². The van der Waals surface area contributed by atoms with Crippen molar-refractivity contribution in [1.29, 1.82) is 0 Å². The molecule has 3 rings (SSSR count). The molecule has 1 fully saturated rings. The number of nitrogens with zero attached hydrogens (tertiary/aromatic N) is 4. The van der Waals surface area contributed by atoms with E-state index in [9.17, 15) is 4.79 Å². The first kappa shape index (κ1) is 15.3. The number of carbonyl (C=O) groups excluding carboxylic acids is 1. The average molecular weight is 311 g/mol. The van der Waals surface area contributed by atoms with Gasteiger partial charge in [-0.25, -0.2) is 4.98 Å². The van der Waals surface area contributed by atoms with Gasteiger partial charge in [-0.15, -0.1) is 0 Å². The molecule has 1 aliphatic rings. The van der Waals surface area contributed by atoms with Crippen molar-refractivity contribution >= 4 is 23.9 Å². The molecule has 0 aliphatic carbocycles. The second-order valence-electron chi connectivity index (χ2n) is 5.81. The maximum Gasteiger partial charge on any atom is 0.229 e. The van der Waals surface area contributed by atoms with Crippen LogP contribution in [0.1, 0.15) is 11.3 Å². The zero-order valence-electron chi connectivity index (χ0n) is 13.5. The van der Waals surface area contributed by atoms with Crippen molar-refractivity contribution < 1.29 is 4.79 Å². The van der Waals surface area contributed by atoms with Gasteiger partial charge in [-0.05, 0) is 26.0 Å². The number of anilines is 3. The Kier molecular flexibility index (Phi) is 4.41. The summed E-state index contributed by atoms with van der Waals surface area (Å²) in [5.74, 6) is 1.50. The Bertz CT molecular complexity index is 678. The minimum absolute atomic E-state index is 0.599. The van der Waals surface area contributed by atoms with E-state index in [1.54, 1.807) is 4.90 Å². The summed E-state index contributed by atoms with van der Waals surface area (Å²) >= 11 is 0. The third kappa shape index (κ3) is 3.77. The summed E-state index contributed by atoms with van der Waals surface area (Å²) in [6, 6.07) is 10.1. The highest BCUT2D eigenvalue weighted by atomic mass is 16.1. The Morgan fingerprint density at radius 2 is 1.74 bits per heavy atom. The number of amides is 1. The first-order valence-corrected chi connectivity index (χ1v) is 7.78. The van der Waals surface area contributed by atoms with Crippen molar-refractivity contribution in [1.82, 2.24) is 14.9 Å². The fraction of sp³-hybridized carbons (Fsp3) is 0.353. The zero-order valence-corrected chi connectivity index (χ0v) is 13.5. The van der Waals surface area contributed by atoms with Crippen molar-refractivity contribution in [3.63, 3.8) is 0 Å². The van der Waals surface area contributed by atoms with Crippen molar-refractivity contribution in [2.75, 3.05) is 36.4 Å². The van der Waals surface area contributed by atoms with Crippen molar-refractivity contribution in [3.8, 4) is 0 Å². The third-order valence-corrected chi connectivity index (χ3v) is 3.94. The number of nitrogens with one attached hydrogen (secondary N) is 1. The van der Waals surface area contributed by atoms with Crippen LogP contribution in [0.5, 0.6) is 0 Å². The van der Waals surface area contributed by atoms with Crippen LogP contribution in [-0.2, 0) is 4.79 Å². The lowest BCUT2D eigenvalue weighted by Crippen LogP contribution is -2.46. The summed E-state index contributed by atoms with van der Waals surface area (Å²) in [5.41, 5.74) is 3.11. The first-order chi connectivity index (χ1) is 11.1. The van der Waals surface area contributed by atoms with Gasteiger partial charge in [0, 0.05) is 43.6 Å². The molecule has 6 heteroatoms. The van der Waals surface area contributed by atoms with Crippen molar-refractivity contribution in [2.24, 2.45) is 0 Å². The van der Waals surface area contributed by atoms with Gasteiger partial charge in [-0.3, -0.25) is 4.79 Å². The van der Waals surface area contributed by atoms with Crippen LogP contribution < -0.4 is 10.2 Å². The number of hydrogen-bond acceptors (Lipinski definition) is 5. The van der Waals surface area contributed by atoms with Crippen molar-refractivity contribution in [3.05, 3.63) is 41.6 Å². The smallest absolute Gasteiger partial charge is 0.229 e. The van der Waals surface area contributed by atoms with E-state index in [0.717, 1.165) is 49.8 Å². The second-order valence-corrected chi connectivity index (χ2v) is 5.81. The Balaban J connectivity index is 1.76. The molecule has 0 saturated carbocycles. The molecule has 0 radical (unpaired) electrons. The minimum atomic E-state index is 0.599. The van der Waals surface area contributed by atoms with E-state index in [1.807, 2.05) is 25.1 Å². The van der Waals surface area contributed by atoms with E-state index in [1.165, 1.54) is 5.56 Å². The number of aromatic nitrogens is 2. The van der Waals surface area contributed by atoms with E-state index < -0.39 is 0 Å². The Morgan fingerprint density at radius 3 is 2.39 bits per heavy atom. The molecule has 6 nitrogen and oxygen atoms in total. The molecule has 23 heavy (non-hydrogen) atoms. The zero-order chi connectivity index (χ0) is 16.2. The summed E-state index contributed by atoms with van der Waals surface area (Å²) in [7, 11) is 0. The lowest BCUT2D eigenvalue weighted by atomic mass is 10.2. The fourth-order valence-corrected chi connectivity index (χ4v) is 2.59. The standard InChI is InChI=1S/C17H21N5O/c1-13-3-5-15(6-4-13)19-17-18-14(2)11-16(20-17)22-9-7-21(12-23)8-10-22/h3-6,11-12H,7-10H2,1-2H3,(H,18,19,20). The highest BCUT2D eigenvalue weighted by Gasteiger charge is 2.17. The Morgan fingerprint density at radius 1 is 1.04 bits per heavy atom. The summed E-state index contributed by atoms with van der Waals surface area (Å²) < 4.78 is 0. The maximum atomic E-state index is 10.8. The number of benzene rings is 1. The Hall–Kier alpha value is -2.63. The molecular weight excluding hydrogens is 290 g/mol. The monoisotopic (exact) mass is 311 g/mol. The molecule has 1 saturated heterocycles. The van der Waals surface area contributed by atoms with Gasteiger partial charge in [0.15, 0.2) is 0 Å². The molecule has 2 heterocycles. The van der Waals surface area contributed by atoms with Gasteiger partial charge < -0.3 is 15.1 Å².